The molecule has 30 heavy (non-hydrogen) atoms. The minimum absolute atomic E-state index is 0.0183. The summed E-state index contributed by atoms with van der Waals surface area (Å²) in [7, 11) is 0. The normalized spacial score (nSPS) is 14.1. The minimum Gasteiger partial charge on any atom is -0.478 e. The number of thiazole rings is 1. The second-order valence-electron chi connectivity index (χ2n) is 7.44. The van der Waals surface area contributed by atoms with Crippen molar-refractivity contribution < 1.29 is 14.7 Å². The molecule has 0 amide bonds. The Morgan fingerprint density at radius 2 is 1.87 bits per heavy atom. The molecule has 1 aliphatic heterocycles. The van der Waals surface area contributed by atoms with Crippen LogP contribution >= 0.6 is 27.3 Å². The number of aromatic nitrogens is 2. The number of anilines is 1. The van der Waals surface area contributed by atoms with Gasteiger partial charge in [-0.2, -0.15) is 0 Å². The number of nitrogens with zero attached hydrogens (tertiary/aromatic N) is 3. The molecule has 1 aliphatic rings. The van der Waals surface area contributed by atoms with Crippen molar-refractivity contribution in [3.8, 4) is 0 Å². The molecule has 3 aromatic rings. The van der Waals surface area contributed by atoms with E-state index in [0.29, 0.717) is 12.2 Å². The number of Topliss-reactive ketones (excluding diaryl/α,β-unsaturated/α-hetero) is 1. The molecule has 1 aromatic carbocycles. The lowest BCUT2D eigenvalue weighted by Gasteiger charge is -2.25. The lowest BCUT2D eigenvalue weighted by molar-refractivity contribution is 0.0696. The first-order valence-corrected chi connectivity index (χ1v) is 11.6. The zero-order chi connectivity index (χ0) is 21.1. The number of rotatable bonds is 7. The van der Waals surface area contributed by atoms with Gasteiger partial charge in [-0.3, -0.25) is 4.79 Å². The van der Waals surface area contributed by atoms with E-state index in [1.165, 1.54) is 31.4 Å². The van der Waals surface area contributed by atoms with Gasteiger partial charge in [0.15, 0.2) is 10.9 Å². The van der Waals surface area contributed by atoms with Crippen molar-refractivity contribution in [2.45, 2.75) is 32.2 Å². The lowest BCUT2D eigenvalue weighted by atomic mass is 10.1. The third-order valence-electron chi connectivity index (χ3n) is 5.21. The van der Waals surface area contributed by atoms with Gasteiger partial charge in [-0.15, -0.1) is 11.3 Å². The van der Waals surface area contributed by atoms with E-state index < -0.39 is 5.97 Å². The van der Waals surface area contributed by atoms with Crippen LogP contribution in [0.2, 0.25) is 0 Å². The third-order valence-corrected chi connectivity index (χ3v) is 6.60. The molecule has 0 aliphatic carbocycles. The Bertz CT molecular complexity index is 1050. The van der Waals surface area contributed by atoms with Crippen LogP contribution in [-0.4, -0.2) is 39.5 Å². The van der Waals surface area contributed by atoms with Crippen LogP contribution in [0.3, 0.4) is 0 Å². The van der Waals surface area contributed by atoms with Gasteiger partial charge in [0.1, 0.15) is 0 Å². The van der Waals surface area contributed by atoms with E-state index in [9.17, 15) is 9.59 Å². The summed E-state index contributed by atoms with van der Waals surface area (Å²) in [6.07, 6.45) is 5.83. The molecule has 0 radical (unpaired) electrons. The standard InChI is InChI=1S/C22H22BrN3O3S/c23-17-11-19(20(27)10-15-4-6-16(7-5-15)21(28)29)26(12-17)13-18-14-30-22(24-18)25-8-2-1-3-9-25/h4-7,11-12,14H,1-3,8-10,13H2,(H,28,29). The molecule has 0 atom stereocenters. The maximum Gasteiger partial charge on any atom is 0.335 e. The summed E-state index contributed by atoms with van der Waals surface area (Å²) in [6.45, 7) is 2.66. The number of carbonyl (C=O) groups is 2. The maximum absolute atomic E-state index is 12.9. The number of carboxylic acid groups (broad SMARTS) is 1. The van der Waals surface area contributed by atoms with E-state index in [1.54, 1.807) is 23.5 Å². The van der Waals surface area contributed by atoms with Crippen LogP contribution in [0, 0.1) is 0 Å². The van der Waals surface area contributed by atoms with Crippen LogP contribution < -0.4 is 4.90 Å². The Labute approximate surface area is 187 Å². The third kappa shape index (κ3) is 4.82. The van der Waals surface area contributed by atoms with Gasteiger partial charge in [0, 0.05) is 35.6 Å². The number of carboxylic acids is 1. The second kappa shape index (κ2) is 9.14. The minimum atomic E-state index is -0.974. The van der Waals surface area contributed by atoms with Crippen molar-refractivity contribution in [1.82, 2.24) is 9.55 Å². The maximum atomic E-state index is 12.9. The van der Waals surface area contributed by atoms with E-state index in [-0.39, 0.29) is 17.8 Å². The van der Waals surface area contributed by atoms with Crippen LogP contribution in [-0.2, 0) is 13.0 Å². The number of halogens is 1. The lowest BCUT2D eigenvalue weighted by Crippen LogP contribution is -2.29. The molecule has 8 heteroatoms. The van der Waals surface area contributed by atoms with Gasteiger partial charge in [-0.1, -0.05) is 12.1 Å². The fraction of sp³-hybridized carbons (Fsp3) is 0.318. The van der Waals surface area contributed by atoms with E-state index in [2.05, 4.69) is 26.2 Å². The highest BCUT2D eigenvalue weighted by atomic mass is 79.9. The largest absolute Gasteiger partial charge is 0.478 e. The fourth-order valence-electron chi connectivity index (χ4n) is 3.66. The summed E-state index contributed by atoms with van der Waals surface area (Å²) in [5, 5.41) is 12.1. The number of hydrogen-bond acceptors (Lipinski definition) is 5. The van der Waals surface area contributed by atoms with Gasteiger partial charge in [-0.25, -0.2) is 9.78 Å². The predicted molar refractivity (Wildman–Crippen MR) is 121 cm³/mol. The van der Waals surface area contributed by atoms with Crippen molar-refractivity contribution in [3.63, 3.8) is 0 Å². The number of hydrogen-bond donors (Lipinski definition) is 1. The van der Waals surface area contributed by atoms with Crippen molar-refractivity contribution in [1.29, 1.82) is 0 Å². The van der Waals surface area contributed by atoms with Gasteiger partial charge >= 0.3 is 5.97 Å². The van der Waals surface area contributed by atoms with Crippen molar-refractivity contribution in [2.24, 2.45) is 0 Å². The molecule has 0 bridgehead atoms. The topological polar surface area (TPSA) is 75.4 Å². The molecule has 3 heterocycles. The molecule has 6 nitrogen and oxygen atoms in total. The Kier molecular flexibility index (Phi) is 6.34. The first-order chi connectivity index (χ1) is 14.5. The molecule has 1 fully saturated rings. The van der Waals surface area contributed by atoms with E-state index >= 15 is 0 Å². The summed E-state index contributed by atoms with van der Waals surface area (Å²) in [4.78, 5) is 31.1. The van der Waals surface area contributed by atoms with Crippen LogP contribution in [0.1, 0.15) is 51.4 Å². The average molecular weight is 488 g/mol. The van der Waals surface area contributed by atoms with Crippen LogP contribution in [0.15, 0.2) is 46.4 Å². The Morgan fingerprint density at radius 3 is 2.57 bits per heavy atom. The molecule has 1 saturated heterocycles. The quantitative estimate of drug-likeness (QED) is 0.481. The number of aromatic carboxylic acids is 1. The molecule has 0 saturated carbocycles. The summed E-state index contributed by atoms with van der Waals surface area (Å²) in [5.74, 6) is -0.992. The van der Waals surface area contributed by atoms with Gasteiger partial charge in [0.25, 0.3) is 0 Å². The summed E-state index contributed by atoms with van der Waals surface area (Å²) in [5.41, 5.74) is 2.56. The van der Waals surface area contributed by atoms with Gasteiger partial charge in [0.05, 0.1) is 23.5 Å². The van der Waals surface area contributed by atoms with Gasteiger partial charge in [0.2, 0.25) is 0 Å². The number of piperidine rings is 1. The Hall–Kier alpha value is -2.45. The van der Waals surface area contributed by atoms with Crippen LogP contribution in [0.4, 0.5) is 5.13 Å². The highest BCUT2D eigenvalue weighted by Gasteiger charge is 2.17. The highest BCUT2D eigenvalue weighted by Crippen LogP contribution is 2.25. The smallest absolute Gasteiger partial charge is 0.335 e. The first kappa shape index (κ1) is 20.8. The summed E-state index contributed by atoms with van der Waals surface area (Å²) >= 11 is 5.14. The Morgan fingerprint density at radius 1 is 1.13 bits per heavy atom. The zero-order valence-electron chi connectivity index (χ0n) is 16.4. The van der Waals surface area contributed by atoms with Crippen molar-refractivity contribution in [2.75, 3.05) is 18.0 Å². The SMILES string of the molecule is O=C(O)c1ccc(CC(=O)c2cc(Br)cn2Cc2csc(N3CCCCC3)n2)cc1. The number of ketones is 1. The van der Waals surface area contributed by atoms with E-state index in [1.807, 2.05) is 16.8 Å². The predicted octanol–water partition coefficient (Wildman–Crippen LogP) is 4.87. The molecule has 0 spiro atoms. The van der Waals surface area contributed by atoms with Crippen LogP contribution in [0.25, 0.3) is 0 Å². The van der Waals surface area contributed by atoms with E-state index in [0.717, 1.165) is 34.0 Å². The second-order valence-corrected chi connectivity index (χ2v) is 9.19. The molecule has 156 valence electrons. The summed E-state index contributed by atoms with van der Waals surface area (Å²) in [6, 6.07) is 8.25. The molecule has 1 N–H and O–H groups in total. The number of carbonyl (C=O) groups excluding carboxylic acids is 1. The fourth-order valence-corrected chi connectivity index (χ4v) is 4.99. The molecular formula is C22H22BrN3O3S. The molecule has 2 aromatic heterocycles. The Balaban J connectivity index is 1.47. The molecular weight excluding hydrogens is 466 g/mol. The molecule has 4 rings (SSSR count). The van der Waals surface area contributed by atoms with Crippen molar-refractivity contribution in [3.05, 3.63) is 68.9 Å². The highest BCUT2D eigenvalue weighted by molar-refractivity contribution is 9.10. The first-order valence-electron chi connectivity index (χ1n) is 9.90. The van der Waals surface area contributed by atoms with E-state index in [4.69, 9.17) is 10.1 Å². The van der Waals surface area contributed by atoms with Crippen molar-refractivity contribution >= 4 is 44.2 Å². The van der Waals surface area contributed by atoms with Gasteiger partial charge < -0.3 is 14.6 Å². The molecule has 0 unspecified atom stereocenters. The summed E-state index contributed by atoms with van der Waals surface area (Å²) < 4.78 is 2.77. The monoisotopic (exact) mass is 487 g/mol. The van der Waals surface area contributed by atoms with Crippen LogP contribution in [0.5, 0.6) is 0 Å². The zero-order valence-corrected chi connectivity index (χ0v) is 18.8. The van der Waals surface area contributed by atoms with Gasteiger partial charge in [-0.05, 0) is 59.0 Å². The average Bonchev–Trinajstić information content (AvgIpc) is 3.36. The number of benzene rings is 1.